The zero-order chi connectivity index (χ0) is 26.5. The number of hydrogen-bond acceptors (Lipinski definition) is 6. The summed E-state index contributed by atoms with van der Waals surface area (Å²) in [5.74, 6) is 1.74. The van der Waals surface area contributed by atoms with Gasteiger partial charge in [0.1, 0.15) is 18.8 Å². The molecule has 5 rings (SSSR count). The number of methoxy groups -OCH3 is 2. The van der Waals surface area contributed by atoms with Crippen LogP contribution in [-0.4, -0.2) is 14.2 Å². The van der Waals surface area contributed by atoms with Gasteiger partial charge in [0.25, 0.3) is 0 Å². The van der Waals surface area contributed by atoms with Crippen molar-refractivity contribution in [2.45, 2.75) is 20.1 Å². The van der Waals surface area contributed by atoms with Gasteiger partial charge >= 0.3 is 0 Å². The molecular weight excluding hydrogens is 480 g/mol. The minimum atomic E-state index is -0.250. The Morgan fingerprint density at radius 3 is 1.79 bits per heavy atom. The molecule has 5 aromatic rings. The second-order valence-electron chi connectivity index (χ2n) is 8.85. The molecule has 38 heavy (non-hydrogen) atoms. The average molecular weight is 509 g/mol. The Labute approximate surface area is 221 Å². The Balaban J connectivity index is 1.61. The smallest absolute Gasteiger partial charge is 0.235 e. The molecule has 1 heterocycles. The minimum Gasteiger partial charge on any atom is -0.493 e. The summed E-state index contributed by atoms with van der Waals surface area (Å²) in [6.07, 6.45) is 0. The van der Waals surface area contributed by atoms with E-state index in [4.69, 9.17) is 23.4 Å². The van der Waals surface area contributed by atoms with Gasteiger partial charge in [0.05, 0.1) is 19.6 Å². The Kier molecular flexibility index (Phi) is 7.31. The van der Waals surface area contributed by atoms with E-state index in [9.17, 15) is 4.79 Å². The SMILES string of the molecule is COc1cc(-c2oc3cc(C)ccc3c(=O)c2OCc2ccccc2)cc(OC)c1OCc1ccccc1. The fraction of sp³-hybridized carbons (Fsp3) is 0.156. The lowest BCUT2D eigenvalue weighted by Crippen LogP contribution is -2.10. The standard InChI is InChI=1S/C32H28O6/c1-21-14-15-25-26(16-21)38-30(32(29(25)33)37-20-23-12-8-5-9-13-23)24-17-27(34-2)31(28(18-24)35-3)36-19-22-10-6-4-7-11-22/h4-18H,19-20H2,1-3H3. The third kappa shape index (κ3) is 5.20. The van der Waals surface area contributed by atoms with Crippen LogP contribution in [0, 0.1) is 6.92 Å². The molecule has 0 amide bonds. The number of fused-ring (bicyclic) bond motifs is 1. The molecule has 0 saturated carbocycles. The van der Waals surface area contributed by atoms with Crippen LogP contribution in [0.2, 0.25) is 0 Å². The van der Waals surface area contributed by atoms with Crippen molar-refractivity contribution in [1.29, 1.82) is 0 Å². The van der Waals surface area contributed by atoms with Crippen molar-refractivity contribution in [3.05, 3.63) is 118 Å². The molecule has 0 N–H and O–H groups in total. The first kappa shape index (κ1) is 25.0. The van der Waals surface area contributed by atoms with E-state index in [1.54, 1.807) is 32.4 Å². The first-order valence-electron chi connectivity index (χ1n) is 12.2. The van der Waals surface area contributed by atoms with E-state index in [0.29, 0.717) is 40.4 Å². The van der Waals surface area contributed by atoms with E-state index >= 15 is 0 Å². The molecule has 4 aromatic carbocycles. The number of ether oxygens (including phenoxy) is 4. The van der Waals surface area contributed by atoms with Crippen LogP contribution in [0.25, 0.3) is 22.3 Å². The van der Waals surface area contributed by atoms with Gasteiger partial charge in [-0.15, -0.1) is 0 Å². The fourth-order valence-corrected chi connectivity index (χ4v) is 4.22. The number of hydrogen-bond donors (Lipinski definition) is 0. The number of benzene rings is 4. The highest BCUT2D eigenvalue weighted by atomic mass is 16.5. The van der Waals surface area contributed by atoms with E-state index in [-0.39, 0.29) is 23.5 Å². The van der Waals surface area contributed by atoms with Crippen molar-refractivity contribution in [2.24, 2.45) is 0 Å². The van der Waals surface area contributed by atoms with Crippen LogP contribution in [0.3, 0.4) is 0 Å². The average Bonchev–Trinajstić information content (AvgIpc) is 2.96. The third-order valence-corrected chi connectivity index (χ3v) is 6.18. The maximum atomic E-state index is 13.6. The molecule has 0 bridgehead atoms. The molecule has 0 saturated heterocycles. The van der Waals surface area contributed by atoms with Crippen molar-refractivity contribution in [2.75, 3.05) is 14.2 Å². The van der Waals surface area contributed by atoms with E-state index in [0.717, 1.165) is 16.7 Å². The Bertz CT molecular complexity index is 1580. The largest absolute Gasteiger partial charge is 0.493 e. The molecule has 0 aliphatic rings. The van der Waals surface area contributed by atoms with Crippen LogP contribution in [0.4, 0.5) is 0 Å². The molecular formula is C32H28O6. The van der Waals surface area contributed by atoms with E-state index in [2.05, 4.69) is 0 Å². The summed E-state index contributed by atoms with van der Waals surface area (Å²) in [5.41, 5.74) is 3.70. The van der Waals surface area contributed by atoms with Crippen LogP contribution in [0.5, 0.6) is 23.0 Å². The van der Waals surface area contributed by atoms with Crippen molar-refractivity contribution in [3.63, 3.8) is 0 Å². The topological polar surface area (TPSA) is 67.1 Å². The first-order chi connectivity index (χ1) is 18.6. The minimum absolute atomic E-state index is 0.118. The normalized spacial score (nSPS) is 10.8. The Hall–Kier alpha value is -4.71. The molecule has 0 aliphatic carbocycles. The lowest BCUT2D eigenvalue weighted by atomic mass is 10.1. The summed E-state index contributed by atoms with van der Waals surface area (Å²) < 4.78 is 29.9. The van der Waals surface area contributed by atoms with E-state index < -0.39 is 0 Å². The third-order valence-electron chi connectivity index (χ3n) is 6.18. The maximum Gasteiger partial charge on any atom is 0.235 e. The van der Waals surface area contributed by atoms with Gasteiger partial charge in [-0.2, -0.15) is 0 Å². The molecule has 0 unspecified atom stereocenters. The Morgan fingerprint density at radius 1 is 0.684 bits per heavy atom. The highest BCUT2D eigenvalue weighted by Gasteiger charge is 2.22. The summed E-state index contributed by atoms with van der Waals surface area (Å²) in [6.45, 7) is 2.50. The van der Waals surface area contributed by atoms with Crippen LogP contribution >= 0.6 is 0 Å². The monoisotopic (exact) mass is 508 g/mol. The van der Waals surface area contributed by atoms with Gasteiger partial charge in [0, 0.05) is 5.56 Å². The molecule has 192 valence electrons. The van der Waals surface area contributed by atoms with Crippen molar-refractivity contribution >= 4 is 11.0 Å². The maximum absolute atomic E-state index is 13.6. The van der Waals surface area contributed by atoms with Gasteiger partial charge in [0.2, 0.25) is 16.9 Å². The fourth-order valence-electron chi connectivity index (χ4n) is 4.22. The van der Waals surface area contributed by atoms with E-state index in [1.807, 2.05) is 79.7 Å². The highest BCUT2D eigenvalue weighted by molar-refractivity contribution is 5.83. The summed E-state index contributed by atoms with van der Waals surface area (Å²) >= 11 is 0. The quantitative estimate of drug-likeness (QED) is 0.215. The van der Waals surface area contributed by atoms with Gasteiger partial charge in [-0.05, 0) is 47.9 Å². The van der Waals surface area contributed by atoms with Crippen LogP contribution in [0.1, 0.15) is 16.7 Å². The molecule has 0 radical (unpaired) electrons. The van der Waals surface area contributed by atoms with Gasteiger partial charge in [-0.1, -0.05) is 66.7 Å². The zero-order valence-electron chi connectivity index (χ0n) is 21.5. The van der Waals surface area contributed by atoms with Crippen molar-refractivity contribution < 1.29 is 23.4 Å². The molecule has 6 heteroatoms. The lowest BCUT2D eigenvalue weighted by Gasteiger charge is -2.17. The molecule has 0 atom stereocenters. The second kappa shape index (κ2) is 11.1. The van der Waals surface area contributed by atoms with Crippen molar-refractivity contribution in [3.8, 4) is 34.3 Å². The van der Waals surface area contributed by atoms with Gasteiger partial charge in [0.15, 0.2) is 17.3 Å². The zero-order valence-corrected chi connectivity index (χ0v) is 21.5. The van der Waals surface area contributed by atoms with Gasteiger partial charge in [-0.25, -0.2) is 0 Å². The number of rotatable bonds is 9. The number of aryl methyl sites for hydroxylation is 1. The van der Waals surface area contributed by atoms with Crippen LogP contribution in [0.15, 0.2) is 100 Å². The second-order valence-corrected chi connectivity index (χ2v) is 8.85. The van der Waals surface area contributed by atoms with Gasteiger partial charge in [-0.3, -0.25) is 4.79 Å². The predicted molar refractivity (Wildman–Crippen MR) is 147 cm³/mol. The summed E-state index contributed by atoms with van der Waals surface area (Å²) in [4.78, 5) is 13.6. The summed E-state index contributed by atoms with van der Waals surface area (Å²) in [5, 5.41) is 0.448. The van der Waals surface area contributed by atoms with E-state index in [1.165, 1.54) is 0 Å². The first-order valence-corrected chi connectivity index (χ1v) is 12.2. The predicted octanol–water partition coefficient (Wildman–Crippen LogP) is 6.94. The molecule has 0 aliphatic heterocycles. The molecule has 0 spiro atoms. The highest BCUT2D eigenvalue weighted by Crippen LogP contribution is 2.44. The molecule has 1 aromatic heterocycles. The van der Waals surface area contributed by atoms with Crippen LogP contribution in [-0.2, 0) is 13.2 Å². The summed E-state index contributed by atoms with van der Waals surface area (Å²) in [7, 11) is 3.11. The summed E-state index contributed by atoms with van der Waals surface area (Å²) in [6, 6.07) is 28.5. The lowest BCUT2D eigenvalue weighted by molar-refractivity contribution is 0.266. The van der Waals surface area contributed by atoms with Crippen LogP contribution < -0.4 is 24.4 Å². The van der Waals surface area contributed by atoms with Crippen molar-refractivity contribution in [1.82, 2.24) is 0 Å². The molecule has 6 nitrogen and oxygen atoms in total. The van der Waals surface area contributed by atoms with Gasteiger partial charge < -0.3 is 23.4 Å². The molecule has 0 fully saturated rings. The Morgan fingerprint density at radius 2 is 1.24 bits per heavy atom.